The van der Waals surface area contributed by atoms with E-state index in [1.165, 1.54) is 71.6 Å². The SMILES string of the molecule is Cn1sc(Cl)cc1=O.Cn1sc2ccccc2c1=O.Cn1scc(Cl)c1=O.Cn1sccc1=O.O=c1[nH]sc2ccccc12. The molecule has 5 aromatic heterocycles. The molecule has 0 aliphatic heterocycles. The number of aromatic amines is 1. The monoisotopic (exact) mass is 729 g/mol. The van der Waals surface area contributed by atoms with Crippen molar-refractivity contribution >= 4 is 101 Å². The third kappa shape index (κ3) is 9.85. The number of rotatable bonds is 0. The topological polar surface area (TPSA) is 121 Å². The summed E-state index contributed by atoms with van der Waals surface area (Å²) in [6.07, 6.45) is 0. The fourth-order valence-electron chi connectivity index (χ4n) is 3.08. The van der Waals surface area contributed by atoms with Crippen molar-refractivity contribution in [3.8, 4) is 0 Å². The number of benzene rings is 2. The number of H-pyrrole nitrogens is 1. The number of aromatic nitrogens is 5. The predicted molar refractivity (Wildman–Crippen MR) is 188 cm³/mol. The van der Waals surface area contributed by atoms with Crippen molar-refractivity contribution < 1.29 is 0 Å². The molecule has 0 aliphatic rings. The van der Waals surface area contributed by atoms with E-state index in [4.69, 9.17) is 23.2 Å². The van der Waals surface area contributed by atoms with Gasteiger partial charge in [-0.2, -0.15) is 0 Å². The maximum Gasteiger partial charge on any atom is 0.279 e. The molecule has 17 heteroatoms. The Morgan fingerprint density at radius 2 is 1.27 bits per heavy atom. The Kier molecular flexibility index (Phi) is 13.3. The van der Waals surface area contributed by atoms with Gasteiger partial charge in [0.15, 0.2) is 0 Å². The highest BCUT2D eigenvalue weighted by Crippen LogP contribution is 2.14. The third-order valence-corrected chi connectivity index (χ3v) is 10.2. The fourth-order valence-corrected chi connectivity index (χ4v) is 7.01. The first-order valence-corrected chi connectivity index (χ1v) is 17.0. The maximum absolute atomic E-state index is 11.3. The molecule has 10 nitrogen and oxygen atoms in total. The first-order chi connectivity index (χ1) is 20.9. The minimum Gasteiger partial charge on any atom is -0.277 e. The maximum atomic E-state index is 11.3. The molecule has 7 aromatic rings. The van der Waals surface area contributed by atoms with Gasteiger partial charge in [-0.1, -0.05) is 93.6 Å². The van der Waals surface area contributed by atoms with Crippen molar-refractivity contribution in [2.24, 2.45) is 28.2 Å². The quantitative estimate of drug-likeness (QED) is 0.211. The Balaban J connectivity index is 0.000000152. The molecule has 0 saturated carbocycles. The lowest BCUT2D eigenvalue weighted by Gasteiger charge is -1.79. The molecule has 0 bridgehead atoms. The van der Waals surface area contributed by atoms with E-state index < -0.39 is 0 Å². The second kappa shape index (κ2) is 16.7. The van der Waals surface area contributed by atoms with Crippen LogP contribution in [0.2, 0.25) is 9.36 Å². The van der Waals surface area contributed by atoms with Crippen LogP contribution in [0.25, 0.3) is 20.2 Å². The Morgan fingerprint density at radius 3 is 1.66 bits per heavy atom. The lowest BCUT2D eigenvalue weighted by atomic mass is 10.3. The largest absolute Gasteiger partial charge is 0.279 e. The highest BCUT2D eigenvalue weighted by atomic mass is 35.5. The number of nitrogens with zero attached hydrogens (tertiary/aromatic N) is 4. The minimum absolute atomic E-state index is 0.0144. The first-order valence-electron chi connectivity index (χ1n) is 12.2. The van der Waals surface area contributed by atoms with Gasteiger partial charge < -0.3 is 0 Å². The zero-order valence-corrected chi connectivity index (χ0v) is 29.1. The molecule has 0 radical (unpaired) electrons. The second-order valence-corrected chi connectivity index (χ2v) is 14.7. The number of hydrogen-bond donors (Lipinski definition) is 1. The molecule has 0 amide bonds. The summed E-state index contributed by atoms with van der Waals surface area (Å²) in [7, 11) is 6.89. The fraction of sp³-hybridized carbons (Fsp3) is 0.148. The van der Waals surface area contributed by atoms with Gasteiger partial charge in [0.1, 0.15) is 9.36 Å². The molecule has 7 rings (SSSR count). The zero-order chi connectivity index (χ0) is 32.4. The Morgan fingerprint density at radius 1 is 0.636 bits per heavy atom. The van der Waals surface area contributed by atoms with Gasteiger partial charge in [-0.3, -0.25) is 44.2 Å². The molecule has 44 heavy (non-hydrogen) atoms. The third-order valence-electron chi connectivity index (χ3n) is 5.34. The van der Waals surface area contributed by atoms with E-state index in [9.17, 15) is 24.0 Å². The average Bonchev–Trinajstić information content (AvgIpc) is 3.80. The van der Waals surface area contributed by atoms with Crippen LogP contribution in [0.3, 0.4) is 0 Å². The smallest absolute Gasteiger partial charge is 0.277 e. The molecule has 0 spiro atoms. The minimum atomic E-state index is -0.114. The first kappa shape index (κ1) is 35.2. The van der Waals surface area contributed by atoms with E-state index in [1.54, 1.807) is 52.9 Å². The van der Waals surface area contributed by atoms with Crippen LogP contribution >= 0.6 is 80.9 Å². The van der Waals surface area contributed by atoms with Crippen LogP contribution in [0.15, 0.2) is 95.4 Å². The lowest BCUT2D eigenvalue weighted by Crippen LogP contribution is -2.07. The molecule has 5 heterocycles. The van der Waals surface area contributed by atoms with Gasteiger partial charge in [0, 0.05) is 51.1 Å². The lowest BCUT2D eigenvalue weighted by molar-refractivity contribution is 0.981. The summed E-state index contributed by atoms with van der Waals surface area (Å²) in [5, 5.41) is 5.29. The molecular weight excluding hydrogens is 706 g/mol. The van der Waals surface area contributed by atoms with Gasteiger partial charge in [0.2, 0.25) is 0 Å². The van der Waals surface area contributed by atoms with Gasteiger partial charge in [0.05, 0.1) is 20.2 Å². The summed E-state index contributed by atoms with van der Waals surface area (Å²) in [6.45, 7) is 0. The van der Waals surface area contributed by atoms with E-state index in [-0.39, 0.29) is 27.8 Å². The summed E-state index contributed by atoms with van der Waals surface area (Å²) in [5.74, 6) is 0. The number of fused-ring (bicyclic) bond motifs is 2. The normalized spacial score (nSPS) is 10.0. The summed E-state index contributed by atoms with van der Waals surface area (Å²) in [6, 6.07) is 18.1. The average molecular weight is 731 g/mol. The zero-order valence-electron chi connectivity index (χ0n) is 23.6. The standard InChI is InChI=1S/C8H7NOS.C7H5NOS.2C4H4ClNOS.C4H5NOS/c1-9-8(10)6-4-2-3-5-7(6)11-9;9-7-5-3-1-2-4-6(5)10-8-7;1-6-4(7)3(5)2-8-6;1-6-4(7)2-3(5)8-6;1-5-4(6)2-3-7-5/h2-5H,1H3;1-4H,(H,8,9);2*2H,1H3;2-3H,1H3. The molecular formula is C27H25Cl2N5O5S5. The Bertz CT molecular complexity index is 2220. The Hall–Kier alpha value is -3.31. The molecule has 0 fully saturated rings. The highest BCUT2D eigenvalue weighted by molar-refractivity contribution is 7.14. The van der Waals surface area contributed by atoms with E-state index >= 15 is 0 Å². The van der Waals surface area contributed by atoms with Gasteiger partial charge in [-0.25, -0.2) is 0 Å². The number of aryl methyl sites for hydroxylation is 4. The van der Waals surface area contributed by atoms with Gasteiger partial charge in [0.25, 0.3) is 27.8 Å². The summed E-state index contributed by atoms with van der Waals surface area (Å²) < 4.78 is 11.4. The summed E-state index contributed by atoms with van der Waals surface area (Å²) in [5.41, 5.74) is 0.0351. The van der Waals surface area contributed by atoms with Crippen LogP contribution in [-0.2, 0) is 28.2 Å². The van der Waals surface area contributed by atoms with Crippen molar-refractivity contribution in [2.45, 2.75) is 0 Å². The van der Waals surface area contributed by atoms with Crippen molar-refractivity contribution in [3.05, 3.63) is 133 Å². The molecule has 0 atom stereocenters. The molecule has 0 aliphatic carbocycles. The van der Waals surface area contributed by atoms with Crippen molar-refractivity contribution in [3.63, 3.8) is 0 Å². The van der Waals surface area contributed by atoms with E-state index in [0.29, 0.717) is 9.36 Å². The number of nitrogens with one attached hydrogen (secondary N) is 1. The van der Waals surface area contributed by atoms with Crippen LogP contribution in [0.5, 0.6) is 0 Å². The van der Waals surface area contributed by atoms with E-state index in [0.717, 1.165) is 20.2 Å². The van der Waals surface area contributed by atoms with Crippen LogP contribution in [0.4, 0.5) is 0 Å². The number of hydrogen-bond acceptors (Lipinski definition) is 10. The van der Waals surface area contributed by atoms with Crippen LogP contribution in [0, 0.1) is 0 Å². The molecule has 232 valence electrons. The van der Waals surface area contributed by atoms with E-state index in [2.05, 4.69) is 4.37 Å². The van der Waals surface area contributed by atoms with E-state index in [1.807, 2.05) is 48.5 Å². The van der Waals surface area contributed by atoms with Crippen molar-refractivity contribution in [2.75, 3.05) is 0 Å². The van der Waals surface area contributed by atoms with Crippen LogP contribution in [0.1, 0.15) is 0 Å². The predicted octanol–water partition coefficient (Wildman–Crippen LogP) is 5.84. The molecule has 2 aromatic carbocycles. The molecule has 0 unspecified atom stereocenters. The van der Waals surface area contributed by atoms with Gasteiger partial charge >= 0.3 is 0 Å². The van der Waals surface area contributed by atoms with Crippen LogP contribution in [-0.4, -0.2) is 20.2 Å². The summed E-state index contributed by atoms with van der Waals surface area (Å²) >= 11 is 17.7. The summed E-state index contributed by atoms with van der Waals surface area (Å²) in [4.78, 5) is 53.8. The highest BCUT2D eigenvalue weighted by Gasteiger charge is 2.01. The van der Waals surface area contributed by atoms with Crippen molar-refractivity contribution in [1.82, 2.24) is 20.2 Å². The molecule has 1 N–H and O–H groups in total. The van der Waals surface area contributed by atoms with Gasteiger partial charge in [-0.05, 0) is 35.8 Å². The second-order valence-electron chi connectivity index (χ2n) is 8.41. The van der Waals surface area contributed by atoms with Crippen LogP contribution < -0.4 is 27.8 Å². The number of halogens is 2. The molecule has 0 saturated heterocycles. The Labute approximate surface area is 280 Å². The van der Waals surface area contributed by atoms with Gasteiger partial charge in [-0.15, -0.1) is 0 Å². The van der Waals surface area contributed by atoms with Crippen molar-refractivity contribution in [1.29, 1.82) is 0 Å².